The van der Waals surface area contributed by atoms with Gasteiger partial charge in [-0.1, -0.05) is 44.1 Å². The fourth-order valence-electron chi connectivity index (χ4n) is 1.50. The Morgan fingerprint density at radius 3 is 2.47 bits per heavy atom. The molecule has 0 radical (unpaired) electrons. The van der Waals surface area contributed by atoms with Crippen molar-refractivity contribution in [3.8, 4) is 0 Å². The van der Waals surface area contributed by atoms with Gasteiger partial charge in [-0.15, -0.1) is 5.73 Å². The van der Waals surface area contributed by atoms with Crippen LogP contribution in [0, 0.1) is 0 Å². The van der Waals surface area contributed by atoms with E-state index < -0.39 is 5.97 Å². The molecule has 0 aliphatic heterocycles. The van der Waals surface area contributed by atoms with Crippen molar-refractivity contribution in [3.63, 3.8) is 0 Å². The molecule has 0 aromatic heterocycles. The standard InChI is InChI=1S/C17H26O2/c1-2-3-4-5-6-7-8-9-10-11-12-13-14-15-16-17(18)19/h6-7,9-10,12,14H,2-5,8,11,15-16H2,1H3,(H,18,19). The van der Waals surface area contributed by atoms with Gasteiger partial charge in [0, 0.05) is 6.42 Å². The SMILES string of the molecule is CCCCCC=CCC=CCC=C=CCCC(=O)O. The molecule has 0 aliphatic carbocycles. The van der Waals surface area contributed by atoms with Gasteiger partial charge >= 0.3 is 5.97 Å². The third-order valence-corrected chi connectivity index (χ3v) is 2.57. The summed E-state index contributed by atoms with van der Waals surface area (Å²) in [6.45, 7) is 2.22. The Morgan fingerprint density at radius 1 is 1.00 bits per heavy atom. The highest BCUT2D eigenvalue weighted by molar-refractivity contribution is 5.66. The maximum atomic E-state index is 10.2. The summed E-state index contributed by atoms with van der Waals surface area (Å²) in [7, 11) is 0. The van der Waals surface area contributed by atoms with Crippen LogP contribution >= 0.6 is 0 Å². The third-order valence-electron chi connectivity index (χ3n) is 2.57. The van der Waals surface area contributed by atoms with Crippen molar-refractivity contribution < 1.29 is 9.90 Å². The Hall–Kier alpha value is -1.53. The molecule has 1 N–H and O–H groups in total. The van der Waals surface area contributed by atoms with E-state index in [-0.39, 0.29) is 6.42 Å². The van der Waals surface area contributed by atoms with E-state index in [0.29, 0.717) is 6.42 Å². The van der Waals surface area contributed by atoms with Gasteiger partial charge in [0.15, 0.2) is 0 Å². The molecule has 0 saturated heterocycles. The number of hydrogen-bond donors (Lipinski definition) is 1. The van der Waals surface area contributed by atoms with Crippen molar-refractivity contribution in [2.24, 2.45) is 0 Å². The average molecular weight is 262 g/mol. The van der Waals surface area contributed by atoms with Crippen LogP contribution in [0.3, 0.4) is 0 Å². The van der Waals surface area contributed by atoms with Crippen molar-refractivity contribution >= 4 is 5.97 Å². The predicted octanol–water partition coefficient (Wildman–Crippen LogP) is 5.04. The van der Waals surface area contributed by atoms with E-state index in [9.17, 15) is 4.79 Å². The van der Waals surface area contributed by atoms with Gasteiger partial charge < -0.3 is 5.11 Å². The van der Waals surface area contributed by atoms with Crippen LogP contribution in [0.1, 0.15) is 58.3 Å². The monoisotopic (exact) mass is 262 g/mol. The van der Waals surface area contributed by atoms with E-state index in [1.165, 1.54) is 25.7 Å². The summed E-state index contributed by atoms with van der Waals surface area (Å²) in [6.07, 6.45) is 20.1. The van der Waals surface area contributed by atoms with Gasteiger partial charge in [-0.2, -0.15) is 0 Å². The summed E-state index contributed by atoms with van der Waals surface area (Å²) in [4.78, 5) is 10.2. The smallest absolute Gasteiger partial charge is 0.303 e. The number of carbonyl (C=O) groups is 1. The summed E-state index contributed by atoms with van der Waals surface area (Å²) in [5, 5.41) is 8.43. The normalized spacial score (nSPS) is 10.8. The lowest BCUT2D eigenvalue weighted by Gasteiger charge is -1.90. The molecule has 2 nitrogen and oxygen atoms in total. The number of allylic oxidation sites excluding steroid dienone is 5. The highest BCUT2D eigenvalue weighted by Crippen LogP contribution is 2.00. The summed E-state index contributed by atoms with van der Waals surface area (Å²) in [5.41, 5.74) is 2.98. The second kappa shape index (κ2) is 14.5. The molecule has 0 atom stereocenters. The topological polar surface area (TPSA) is 37.3 Å². The van der Waals surface area contributed by atoms with E-state index in [2.05, 4.69) is 37.0 Å². The van der Waals surface area contributed by atoms with Crippen LogP contribution < -0.4 is 0 Å². The minimum Gasteiger partial charge on any atom is -0.481 e. The van der Waals surface area contributed by atoms with Crippen LogP contribution in [-0.4, -0.2) is 11.1 Å². The molecule has 0 bridgehead atoms. The first kappa shape index (κ1) is 17.5. The predicted molar refractivity (Wildman–Crippen MR) is 81.2 cm³/mol. The Morgan fingerprint density at radius 2 is 1.74 bits per heavy atom. The zero-order chi connectivity index (χ0) is 14.2. The first-order chi connectivity index (χ1) is 9.27. The summed E-state index contributed by atoms with van der Waals surface area (Å²) in [5.74, 6) is -0.760. The van der Waals surface area contributed by atoms with Crippen LogP contribution in [0.25, 0.3) is 0 Å². The van der Waals surface area contributed by atoms with Gasteiger partial charge in [0.05, 0.1) is 0 Å². The molecule has 106 valence electrons. The van der Waals surface area contributed by atoms with Crippen LogP contribution in [0.4, 0.5) is 0 Å². The molecule has 2 heteroatoms. The van der Waals surface area contributed by atoms with Crippen molar-refractivity contribution in [2.75, 3.05) is 0 Å². The van der Waals surface area contributed by atoms with Crippen molar-refractivity contribution in [1.82, 2.24) is 0 Å². The highest BCUT2D eigenvalue weighted by Gasteiger charge is 1.90. The maximum Gasteiger partial charge on any atom is 0.303 e. The zero-order valence-corrected chi connectivity index (χ0v) is 12.0. The molecule has 0 heterocycles. The number of carboxylic acids is 1. The molecule has 0 unspecified atom stereocenters. The van der Waals surface area contributed by atoms with E-state index >= 15 is 0 Å². The highest BCUT2D eigenvalue weighted by atomic mass is 16.4. The second-order valence-corrected chi connectivity index (χ2v) is 4.42. The molecule has 0 fully saturated rings. The summed E-state index contributed by atoms with van der Waals surface area (Å²) < 4.78 is 0. The molecule has 19 heavy (non-hydrogen) atoms. The second-order valence-electron chi connectivity index (χ2n) is 4.42. The third kappa shape index (κ3) is 16.5. The molecule has 0 amide bonds. The average Bonchev–Trinajstić information content (AvgIpc) is 2.39. The maximum absolute atomic E-state index is 10.2. The Bertz CT molecular complexity index is 331. The minimum absolute atomic E-state index is 0.180. The Kier molecular flexibility index (Phi) is 13.4. The summed E-state index contributed by atoms with van der Waals surface area (Å²) in [6, 6.07) is 0. The Labute approximate surface area is 117 Å². The van der Waals surface area contributed by atoms with Gasteiger partial charge in [0.2, 0.25) is 0 Å². The molecule has 0 aromatic rings. The fraction of sp³-hybridized carbons (Fsp3) is 0.529. The van der Waals surface area contributed by atoms with E-state index in [0.717, 1.165) is 12.8 Å². The van der Waals surface area contributed by atoms with Crippen LogP contribution in [0.2, 0.25) is 0 Å². The lowest BCUT2D eigenvalue weighted by Crippen LogP contribution is -1.91. The number of unbranched alkanes of at least 4 members (excludes halogenated alkanes) is 3. The van der Waals surface area contributed by atoms with E-state index in [1.54, 1.807) is 6.08 Å². The molecule has 0 spiro atoms. The number of carboxylic acid groups (broad SMARTS) is 1. The van der Waals surface area contributed by atoms with E-state index in [4.69, 9.17) is 5.11 Å². The molecule has 0 saturated carbocycles. The molecule has 0 rings (SSSR count). The molecular weight excluding hydrogens is 236 g/mol. The number of hydrogen-bond acceptors (Lipinski definition) is 1. The zero-order valence-electron chi connectivity index (χ0n) is 12.0. The number of aliphatic carboxylic acids is 1. The first-order valence-corrected chi connectivity index (χ1v) is 7.18. The van der Waals surface area contributed by atoms with Gasteiger partial charge in [0.1, 0.15) is 0 Å². The van der Waals surface area contributed by atoms with Gasteiger partial charge in [-0.05, 0) is 44.3 Å². The largest absolute Gasteiger partial charge is 0.481 e. The Balaban J connectivity index is 3.47. The van der Waals surface area contributed by atoms with Crippen LogP contribution in [0.5, 0.6) is 0 Å². The van der Waals surface area contributed by atoms with Crippen LogP contribution in [0.15, 0.2) is 42.2 Å². The van der Waals surface area contributed by atoms with Gasteiger partial charge in [0.25, 0.3) is 0 Å². The quantitative estimate of drug-likeness (QED) is 0.322. The van der Waals surface area contributed by atoms with Crippen molar-refractivity contribution in [1.29, 1.82) is 0 Å². The molecule has 0 aromatic carbocycles. The van der Waals surface area contributed by atoms with Crippen LogP contribution in [-0.2, 0) is 4.79 Å². The van der Waals surface area contributed by atoms with E-state index in [1.807, 2.05) is 6.08 Å². The fourth-order valence-corrected chi connectivity index (χ4v) is 1.50. The van der Waals surface area contributed by atoms with Crippen molar-refractivity contribution in [2.45, 2.75) is 58.3 Å². The molecular formula is C17H26O2. The number of rotatable bonds is 11. The lowest BCUT2D eigenvalue weighted by molar-refractivity contribution is -0.136. The van der Waals surface area contributed by atoms with Crippen molar-refractivity contribution in [3.05, 3.63) is 42.2 Å². The van der Waals surface area contributed by atoms with Gasteiger partial charge in [-0.3, -0.25) is 4.79 Å². The minimum atomic E-state index is -0.760. The summed E-state index contributed by atoms with van der Waals surface area (Å²) >= 11 is 0. The van der Waals surface area contributed by atoms with Gasteiger partial charge in [-0.25, -0.2) is 0 Å². The first-order valence-electron chi connectivity index (χ1n) is 7.18. The lowest BCUT2D eigenvalue weighted by atomic mass is 10.2. The molecule has 0 aliphatic rings.